The van der Waals surface area contributed by atoms with E-state index >= 15 is 0 Å². The Balaban J connectivity index is 1.56. The molecule has 1 aliphatic heterocycles. The van der Waals surface area contributed by atoms with Gasteiger partial charge in [0.2, 0.25) is 0 Å². The fourth-order valence-electron chi connectivity index (χ4n) is 5.09. The van der Waals surface area contributed by atoms with Crippen molar-refractivity contribution in [3.05, 3.63) is 107 Å². The van der Waals surface area contributed by atoms with Gasteiger partial charge in [0.25, 0.3) is 0 Å². The molecule has 1 N–H and O–H groups in total. The van der Waals surface area contributed by atoms with E-state index in [1.165, 1.54) is 18.3 Å². The fourth-order valence-corrected chi connectivity index (χ4v) is 5.09. The summed E-state index contributed by atoms with van der Waals surface area (Å²) in [6.45, 7) is 8.42. The number of allylic oxidation sites excluding steroid dienone is 1. The Labute approximate surface area is 233 Å². The molecule has 0 amide bonds. The average Bonchev–Trinajstić information content (AvgIpc) is 2.93. The molecule has 2 heterocycles. The molecule has 7 heteroatoms. The average molecular weight is 539 g/mol. The minimum Gasteiger partial charge on any atom is -0.496 e. The monoisotopic (exact) mass is 538 g/mol. The van der Waals surface area contributed by atoms with Gasteiger partial charge >= 0.3 is 5.97 Å². The summed E-state index contributed by atoms with van der Waals surface area (Å²) in [6.07, 6.45) is 5.24. The summed E-state index contributed by atoms with van der Waals surface area (Å²) < 4.78 is 31.6. The molecule has 6 nitrogen and oxygen atoms in total. The quantitative estimate of drug-likeness (QED) is 0.193. The summed E-state index contributed by atoms with van der Waals surface area (Å²) in [4.78, 5) is 16.6. The third-order valence-electron chi connectivity index (χ3n) is 6.83. The van der Waals surface area contributed by atoms with Crippen LogP contribution in [0.3, 0.4) is 0 Å². The predicted molar refractivity (Wildman–Crippen MR) is 154 cm³/mol. The minimum atomic E-state index is -0.509. The standard InChI is InChI=1S/C33H31FN2O4/c1-20-8-9-23(34)15-29(20)39-19-27-25(12-13-28-31(27)21(2)17-33(3,4)36-28)26-11-10-24(16-30(26)38-5)40-32(37)22-7-6-14-35-18-22/h6-18,36H,19H2,1-5H3. The highest BCUT2D eigenvalue weighted by molar-refractivity contribution is 5.91. The van der Waals surface area contributed by atoms with E-state index in [1.807, 2.05) is 19.1 Å². The molecule has 0 radical (unpaired) electrons. The SMILES string of the molecule is COc1cc(OC(=O)c2cccnc2)ccc1-c1ccc2c(c1COc1cc(F)ccc1C)C(C)=CC(C)(C)N2. The molecule has 0 aliphatic carbocycles. The number of methoxy groups -OCH3 is 1. The maximum atomic E-state index is 14.0. The van der Waals surface area contributed by atoms with Crippen molar-refractivity contribution in [1.29, 1.82) is 0 Å². The number of pyridine rings is 1. The number of rotatable bonds is 7. The molecule has 1 aliphatic rings. The predicted octanol–water partition coefficient (Wildman–Crippen LogP) is 7.61. The Kier molecular flexibility index (Phi) is 7.30. The van der Waals surface area contributed by atoms with Crippen LogP contribution < -0.4 is 19.5 Å². The molecule has 4 aromatic rings. The van der Waals surface area contributed by atoms with Crippen molar-refractivity contribution in [2.45, 2.75) is 39.8 Å². The second-order valence-electron chi connectivity index (χ2n) is 10.4. The Morgan fingerprint density at radius 2 is 1.80 bits per heavy atom. The molecule has 0 atom stereocenters. The number of esters is 1. The van der Waals surface area contributed by atoms with Gasteiger partial charge in [0.1, 0.15) is 29.7 Å². The molecular formula is C33H31FN2O4. The van der Waals surface area contributed by atoms with Gasteiger partial charge in [-0.15, -0.1) is 0 Å². The number of aryl methyl sites for hydroxylation is 1. The van der Waals surface area contributed by atoms with Crippen molar-refractivity contribution >= 4 is 17.2 Å². The van der Waals surface area contributed by atoms with E-state index in [0.717, 1.165) is 39.1 Å². The molecule has 5 rings (SSSR count). The van der Waals surface area contributed by atoms with E-state index in [0.29, 0.717) is 22.8 Å². The number of carbonyl (C=O) groups is 1. The van der Waals surface area contributed by atoms with Crippen LogP contribution in [0, 0.1) is 12.7 Å². The van der Waals surface area contributed by atoms with E-state index in [1.54, 1.807) is 43.6 Å². The second kappa shape index (κ2) is 10.8. The number of benzene rings is 3. The van der Waals surface area contributed by atoms with E-state index in [9.17, 15) is 9.18 Å². The third kappa shape index (κ3) is 5.54. The normalized spacial score (nSPS) is 13.5. The first-order valence-corrected chi connectivity index (χ1v) is 13.0. The number of carbonyl (C=O) groups excluding carboxylic acids is 1. The number of aromatic nitrogens is 1. The molecule has 0 bridgehead atoms. The van der Waals surface area contributed by atoms with Crippen molar-refractivity contribution in [2.24, 2.45) is 0 Å². The molecule has 0 saturated carbocycles. The van der Waals surface area contributed by atoms with Crippen LogP contribution in [0.15, 0.2) is 79.1 Å². The zero-order valence-corrected chi connectivity index (χ0v) is 23.2. The van der Waals surface area contributed by atoms with Gasteiger partial charge in [-0.05, 0) is 80.8 Å². The van der Waals surface area contributed by atoms with Gasteiger partial charge in [0.15, 0.2) is 0 Å². The number of halogens is 1. The lowest BCUT2D eigenvalue weighted by Crippen LogP contribution is -2.32. The number of ether oxygens (including phenoxy) is 3. The Morgan fingerprint density at radius 3 is 2.55 bits per heavy atom. The first kappa shape index (κ1) is 26.9. The summed E-state index contributed by atoms with van der Waals surface area (Å²) in [5.74, 6) is 0.503. The molecule has 1 aromatic heterocycles. The number of anilines is 1. The Bertz CT molecular complexity index is 1610. The molecule has 0 fully saturated rings. The lowest BCUT2D eigenvalue weighted by atomic mass is 9.85. The zero-order chi connectivity index (χ0) is 28.4. The summed E-state index contributed by atoms with van der Waals surface area (Å²) in [6, 6.07) is 17.2. The summed E-state index contributed by atoms with van der Waals surface area (Å²) >= 11 is 0. The largest absolute Gasteiger partial charge is 0.496 e. The van der Waals surface area contributed by atoms with Gasteiger partial charge in [-0.25, -0.2) is 9.18 Å². The summed E-state index contributed by atoms with van der Waals surface area (Å²) in [7, 11) is 1.57. The topological polar surface area (TPSA) is 69.7 Å². The lowest BCUT2D eigenvalue weighted by Gasteiger charge is -2.33. The number of nitrogens with one attached hydrogen (secondary N) is 1. The maximum absolute atomic E-state index is 14.0. The minimum absolute atomic E-state index is 0.205. The zero-order valence-electron chi connectivity index (χ0n) is 23.2. The maximum Gasteiger partial charge on any atom is 0.345 e. The smallest absolute Gasteiger partial charge is 0.345 e. The van der Waals surface area contributed by atoms with Gasteiger partial charge in [-0.2, -0.15) is 0 Å². The van der Waals surface area contributed by atoms with Gasteiger partial charge in [0.05, 0.1) is 18.2 Å². The van der Waals surface area contributed by atoms with Crippen molar-refractivity contribution in [3.63, 3.8) is 0 Å². The van der Waals surface area contributed by atoms with Gasteiger partial charge in [0, 0.05) is 46.9 Å². The number of fused-ring (bicyclic) bond motifs is 1. The van der Waals surface area contributed by atoms with Crippen molar-refractivity contribution in [1.82, 2.24) is 4.98 Å². The molecule has 0 saturated heterocycles. The van der Waals surface area contributed by atoms with Crippen LogP contribution in [-0.4, -0.2) is 23.6 Å². The Morgan fingerprint density at radius 1 is 1.00 bits per heavy atom. The highest BCUT2D eigenvalue weighted by atomic mass is 19.1. The highest BCUT2D eigenvalue weighted by Crippen LogP contribution is 2.43. The Hall–Kier alpha value is -4.65. The molecule has 0 unspecified atom stereocenters. The van der Waals surface area contributed by atoms with E-state index in [-0.39, 0.29) is 18.0 Å². The lowest BCUT2D eigenvalue weighted by molar-refractivity contribution is 0.0734. The van der Waals surface area contributed by atoms with Crippen molar-refractivity contribution in [2.75, 3.05) is 12.4 Å². The van der Waals surface area contributed by atoms with Crippen LogP contribution in [0.5, 0.6) is 17.2 Å². The number of hydrogen-bond donors (Lipinski definition) is 1. The molecule has 40 heavy (non-hydrogen) atoms. The molecular weight excluding hydrogens is 507 g/mol. The van der Waals surface area contributed by atoms with Gasteiger partial charge in [-0.1, -0.05) is 18.2 Å². The van der Waals surface area contributed by atoms with E-state index in [2.05, 4.69) is 43.2 Å². The number of hydrogen-bond acceptors (Lipinski definition) is 6. The van der Waals surface area contributed by atoms with Gasteiger partial charge in [-0.3, -0.25) is 4.98 Å². The van der Waals surface area contributed by atoms with Crippen LogP contribution in [0.1, 0.15) is 47.8 Å². The molecule has 3 aromatic carbocycles. The first-order chi connectivity index (χ1) is 19.1. The summed E-state index contributed by atoms with van der Waals surface area (Å²) in [5, 5.41) is 3.59. The third-order valence-corrected chi connectivity index (χ3v) is 6.83. The van der Waals surface area contributed by atoms with Crippen molar-refractivity contribution < 1.29 is 23.4 Å². The van der Waals surface area contributed by atoms with Gasteiger partial charge < -0.3 is 19.5 Å². The van der Waals surface area contributed by atoms with Crippen LogP contribution in [-0.2, 0) is 6.61 Å². The van der Waals surface area contributed by atoms with Crippen LogP contribution in [0.2, 0.25) is 0 Å². The molecule has 204 valence electrons. The van der Waals surface area contributed by atoms with Crippen LogP contribution in [0.25, 0.3) is 16.7 Å². The first-order valence-electron chi connectivity index (χ1n) is 13.0. The molecule has 0 spiro atoms. The summed E-state index contributed by atoms with van der Waals surface area (Å²) in [5.41, 5.74) is 6.73. The fraction of sp³-hybridized carbons (Fsp3) is 0.212. The highest BCUT2D eigenvalue weighted by Gasteiger charge is 2.27. The van der Waals surface area contributed by atoms with E-state index in [4.69, 9.17) is 14.2 Å². The van der Waals surface area contributed by atoms with Crippen LogP contribution in [0.4, 0.5) is 10.1 Å². The second-order valence-corrected chi connectivity index (χ2v) is 10.4. The van der Waals surface area contributed by atoms with E-state index < -0.39 is 5.97 Å². The number of nitrogens with zero attached hydrogens (tertiary/aromatic N) is 1. The van der Waals surface area contributed by atoms with Crippen LogP contribution >= 0.6 is 0 Å². The van der Waals surface area contributed by atoms with Crippen molar-refractivity contribution in [3.8, 4) is 28.4 Å².